The molecule has 0 aliphatic carbocycles. The van der Waals surface area contributed by atoms with Crippen molar-refractivity contribution >= 4 is 15.9 Å². The van der Waals surface area contributed by atoms with E-state index in [-0.39, 0.29) is 0 Å². The molecule has 1 rings (SSSR count). The SMILES string of the molecule is CCc1ccc(C(C)CNC)cc1Br. The summed E-state index contributed by atoms with van der Waals surface area (Å²) in [7, 11) is 1.99. The van der Waals surface area contributed by atoms with Crippen molar-refractivity contribution in [2.24, 2.45) is 0 Å². The standard InChI is InChI=1S/C12H18BrN/c1-4-10-5-6-11(7-12(10)13)9(2)8-14-3/h5-7,9,14H,4,8H2,1-3H3. The van der Waals surface area contributed by atoms with Crippen molar-refractivity contribution in [1.82, 2.24) is 5.32 Å². The van der Waals surface area contributed by atoms with Crippen LogP contribution >= 0.6 is 15.9 Å². The Kier molecular flexibility index (Phi) is 4.63. The molecular weight excluding hydrogens is 238 g/mol. The lowest BCUT2D eigenvalue weighted by atomic mass is 9.99. The van der Waals surface area contributed by atoms with Gasteiger partial charge in [0.25, 0.3) is 0 Å². The van der Waals surface area contributed by atoms with Crippen LogP contribution in [-0.4, -0.2) is 13.6 Å². The molecule has 0 radical (unpaired) electrons. The maximum atomic E-state index is 3.61. The monoisotopic (exact) mass is 255 g/mol. The molecule has 2 heteroatoms. The summed E-state index contributed by atoms with van der Waals surface area (Å²) in [5, 5.41) is 3.20. The van der Waals surface area contributed by atoms with Gasteiger partial charge in [0.05, 0.1) is 0 Å². The average molecular weight is 256 g/mol. The molecule has 1 nitrogen and oxygen atoms in total. The van der Waals surface area contributed by atoms with Crippen LogP contribution in [0.5, 0.6) is 0 Å². The first-order chi connectivity index (χ1) is 6.69. The smallest absolute Gasteiger partial charge is 0.0210 e. The first-order valence-corrected chi connectivity index (χ1v) is 5.91. The van der Waals surface area contributed by atoms with E-state index in [1.165, 1.54) is 15.6 Å². The van der Waals surface area contributed by atoms with Gasteiger partial charge in [0.15, 0.2) is 0 Å². The molecule has 1 N–H and O–H groups in total. The summed E-state index contributed by atoms with van der Waals surface area (Å²) >= 11 is 3.61. The number of hydrogen-bond donors (Lipinski definition) is 1. The van der Waals surface area contributed by atoms with Gasteiger partial charge in [0, 0.05) is 11.0 Å². The Labute approximate surface area is 95.0 Å². The molecule has 0 aliphatic heterocycles. The van der Waals surface area contributed by atoms with E-state index in [0.29, 0.717) is 5.92 Å². The molecule has 0 spiro atoms. The van der Waals surface area contributed by atoms with Crippen LogP contribution < -0.4 is 5.32 Å². The molecule has 1 unspecified atom stereocenters. The van der Waals surface area contributed by atoms with E-state index in [0.717, 1.165) is 13.0 Å². The normalized spacial score (nSPS) is 12.9. The molecule has 14 heavy (non-hydrogen) atoms. The number of benzene rings is 1. The Morgan fingerprint density at radius 3 is 2.64 bits per heavy atom. The first kappa shape index (κ1) is 11.7. The molecule has 1 aromatic carbocycles. The zero-order chi connectivity index (χ0) is 10.6. The van der Waals surface area contributed by atoms with Crippen molar-refractivity contribution in [3.63, 3.8) is 0 Å². The Morgan fingerprint density at radius 2 is 2.14 bits per heavy atom. The second-order valence-electron chi connectivity index (χ2n) is 3.66. The minimum Gasteiger partial charge on any atom is -0.319 e. The Hall–Kier alpha value is -0.340. The molecule has 0 amide bonds. The molecule has 0 bridgehead atoms. The van der Waals surface area contributed by atoms with E-state index in [4.69, 9.17) is 0 Å². The summed E-state index contributed by atoms with van der Waals surface area (Å²) in [6.45, 7) is 5.44. The van der Waals surface area contributed by atoms with Crippen LogP contribution in [0.25, 0.3) is 0 Å². The van der Waals surface area contributed by atoms with Gasteiger partial charge in [-0.3, -0.25) is 0 Å². The van der Waals surface area contributed by atoms with Gasteiger partial charge in [-0.1, -0.05) is 41.9 Å². The zero-order valence-electron chi connectivity index (χ0n) is 9.10. The predicted octanol–water partition coefficient (Wildman–Crippen LogP) is 3.33. The van der Waals surface area contributed by atoms with Crippen LogP contribution in [0, 0.1) is 0 Å². The number of hydrogen-bond acceptors (Lipinski definition) is 1. The van der Waals surface area contributed by atoms with E-state index in [9.17, 15) is 0 Å². The van der Waals surface area contributed by atoms with E-state index < -0.39 is 0 Å². The van der Waals surface area contributed by atoms with Gasteiger partial charge < -0.3 is 5.32 Å². The van der Waals surface area contributed by atoms with E-state index in [1.807, 2.05) is 7.05 Å². The number of aryl methyl sites for hydroxylation is 1. The predicted molar refractivity (Wildman–Crippen MR) is 65.9 cm³/mol. The van der Waals surface area contributed by atoms with E-state index in [2.05, 4.69) is 53.3 Å². The summed E-state index contributed by atoms with van der Waals surface area (Å²) in [6, 6.07) is 6.68. The van der Waals surface area contributed by atoms with Gasteiger partial charge in [0.2, 0.25) is 0 Å². The molecule has 0 aromatic heterocycles. The molecule has 0 aliphatic rings. The van der Waals surface area contributed by atoms with Crippen molar-refractivity contribution in [2.75, 3.05) is 13.6 Å². The topological polar surface area (TPSA) is 12.0 Å². The number of rotatable bonds is 4. The highest BCUT2D eigenvalue weighted by Gasteiger charge is 2.06. The van der Waals surface area contributed by atoms with Crippen molar-refractivity contribution in [3.05, 3.63) is 33.8 Å². The average Bonchev–Trinajstić information content (AvgIpc) is 2.18. The molecule has 0 fully saturated rings. The fraction of sp³-hybridized carbons (Fsp3) is 0.500. The lowest BCUT2D eigenvalue weighted by Crippen LogP contribution is -2.14. The van der Waals surface area contributed by atoms with Crippen LogP contribution in [0.1, 0.15) is 30.9 Å². The van der Waals surface area contributed by atoms with E-state index in [1.54, 1.807) is 0 Å². The minimum atomic E-state index is 0.571. The molecule has 1 atom stereocenters. The van der Waals surface area contributed by atoms with Gasteiger partial charge in [0.1, 0.15) is 0 Å². The van der Waals surface area contributed by atoms with Crippen molar-refractivity contribution in [2.45, 2.75) is 26.2 Å². The third kappa shape index (κ3) is 2.82. The molecular formula is C12H18BrN. The fourth-order valence-corrected chi connectivity index (χ4v) is 2.26. The largest absolute Gasteiger partial charge is 0.319 e. The summed E-state index contributed by atoms with van der Waals surface area (Å²) in [4.78, 5) is 0. The number of nitrogens with one attached hydrogen (secondary N) is 1. The summed E-state index contributed by atoms with van der Waals surface area (Å²) in [5.41, 5.74) is 2.77. The summed E-state index contributed by atoms with van der Waals surface area (Å²) in [5.74, 6) is 0.571. The summed E-state index contributed by atoms with van der Waals surface area (Å²) in [6.07, 6.45) is 1.08. The zero-order valence-corrected chi connectivity index (χ0v) is 10.7. The summed E-state index contributed by atoms with van der Waals surface area (Å²) < 4.78 is 1.24. The van der Waals surface area contributed by atoms with Crippen molar-refractivity contribution < 1.29 is 0 Å². The quantitative estimate of drug-likeness (QED) is 0.871. The van der Waals surface area contributed by atoms with Gasteiger partial charge in [-0.25, -0.2) is 0 Å². The van der Waals surface area contributed by atoms with Crippen LogP contribution in [0.15, 0.2) is 22.7 Å². The van der Waals surface area contributed by atoms with Crippen LogP contribution in [0.4, 0.5) is 0 Å². The van der Waals surface area contributed by atoms with E-state index >= 15 is 0 Å². The first-order valence-electron chi connectivity index (χ1n) is 5.12. The molecule has 78 valence electrons. The molecule has 0 saturated heterocycles. The number of halogens is 1. The molecule has 1 aromatic rings. The second-order valence-corrected chi connectivity index (χ2v) is 4.52. The van der Waals surface area contributed by atoms with Crippen LogP contribution in [0.3, 0.4) is 0 Å². The number of likely N-dealkylation sites (N-methyl/N-ethyl adjacent to an activating group) is 1. The molecule has 0 saturated carbocycles. The van der Waals surface area contributed by atoms with Crippen molar-refractivity contribution in [1.29, 1.82) is 0 Å². The Bertz CT molecular complexity index is 296. The van der Waals surface area contributed by atoms with Crippen LogP contribution in [-0.2, 0) is 6.42 Å². The van der Waals surface area contributed by atoms with Gasteiger partial charge in [-0.2, -0.15) is 0 Å². The lowest BCUT2D eigenvalue weighted by molar-refractivity contribution is 0.677. The second kappa shape index (κ2) is 5.52. The minimum absolute atomic E-state index is 0.571. The fourth-order valence-electron chi connectivity index (χ4n) is 1.58. The highest BCUT2D eigenvalue weighted by molar-refractivity contribution is 9.10. The highest BCUT2D eigenvalue weighted by Crippen LogP contribution is 2.23. The van der Waals surface area contributed by atoms with Gasteiger partial charge in [-0.15, -0.1) is 0 Å². The highest BCUT2D eigenvalue weighted by atomic mass is 79.9. The molecule has 0 heterocycles. The maximum Gasteiger partial charge on any atom is 0.0210 e. The maximum absolute atomic E-state index is 3.61. The lowest BCUT2D eigenvalue weighted by Gasteiger charge is -2.12. The van der Waals surface area contributed by atoms with Crippen LogP contribution in [0.2, 0.25) is 0 Å². The van der Waals surface area contributed by atoms with Gasteiger partial charge in [-0.05, 0) is 36.6 Å². The van der Waals surface area contributed by atoms with Crippen molar-refractivity contribution in [3.8, 4) is 0 Å². The Morgan fingerprint density at radius 1 is 1.43 bits per heavy atom. The third-order valence-corrected chi connectivity index (χ3v) is 3.28. The third-order valence-electron chi connectivity index (χ3n) is 2.54. The Balaban J connectivity index is 2.85. The van der Waals surface area contributed by atoms with Gasteiger partial charge >= 0.3 is 0 Å².